The average Bonchev–Trinajstić information content (AvgIpc) is 2.59. The van der Waals surface area contributed by atoms with Crippen LogP contribution in [0.2, 0.25) is 0 Å². The summed E-state index contributed by atoms with van der Waals surface area (Å²) in [7, 11) is 0. The maximum absolute atomic E-state index is 4.02. The quantitative estimate of drug-likeness (QED) is 0.620. The molecule has 0 spiro atoms. The van der Waals surface area contributed by atoms with E-state index in [1.54, 1.807) is 23.3 Å². The molecule has 0 aliphatic heterocycles. The fraction of sp³-hybridized carbons (Fsp3) is 0. The van der Waals surface area contributed by atoms with Crippen LogP contribution in [0.3, 0.4) is 0 Å². The van der Waals surface area contributed by atoms with Gasteiger partial charge in [0.15, 0.2) is 0 Å². The van der Waals surface area contributed by atoms with Crippen LogP contribution in [0.25, 0.3) is 5.69 Å². The molecule has 0 saturated heterocycles. The highest BCUT2D eigenvalue weighted by atomic mass is 15.3. The number of nitrogens with one attached hydrogen (secondary N) is 1. The molecule has 0 amide bonds. The van der Waals surface area contributed by atoms with Crippen LogP contribution in [0.5, 0.6) is 0 Å². The molecule has 2 aromatic rings. The fourth-order valence-electron chi connectivity index (χ4n) is 0.791. The lowest BCUT2D eigenvalue weighted by atomic mass is 10.6. The van der Waals surface area contributed by atoms with E-state index in [2.05, 4.69) is 15.3 Å². The molecule has 4 nitrogen and oxygen atoms in total. The van der Waals surface area contributed by atoms with Crippen molar-refractivity contribution in [2.45, 2.75) is 0 Å². The Bertz CT molecular complexity index is 249. The number of hydrogen-bond donors (Lipinski definition) is 1. The van der Waals surface area contributed by atoms with Gasteiger partial charge in [0.1, 0.15) is 5.69 Å². The monoisotopic (exact) mass is 134 g/mol. The van der Waals surface area contributed by atoms with E-state index in [0.717, 1.165) is 5.69 Å². The molecule has 2 aromatic heterocycles. The van der Waals surface area contributed by atoms with Gasteiger partial charge in [0.05, 0.1) is 6.20 Å². The van der Waals surface area contributed by atoms with Crippen LogP contribution in [-0.4, -0.2) is 20.0 Å². The lowest BCUT2D eigenvalue weighted by molar-refractivity contribution is 0.881. The maximum atomic E-state index is 4.02. The van der Waals surface area contributed by atoms with Gasteiger partial charge in [-0.2, -0.15) is 10.2 Å². The average molecular weight is 134 g/mol. The second kappa shape index (κ2) is 1.98. The number of aromatic nitrogens is 4. The van der Waals surface area contributed by atoms with E-state index in [1.807, 2.05) is 12.3 Å². The van der Waals surface area contributed by atoms with Gasteiger partial charge in [-0.15, -0.1) is 0 Å². The van der Waals surface area contributed by atoms with E-state index in [0.29, 0.717) is 0 Å². The standard InChI is InChI=1S/C6H6N4/c1-2-9-10(3-1)6-4-7-8-5-6/h1-5H,(H,7,8). The van der Waals surface area contributed by atoms with Crippen molar-refractivity contribution < 1.29 is 0 Å². The van der Waals surface area contributed by atoms with Crippen LogP contribution in [0.4, 0.5) is 0 Å². The van der Waals surface area contributed by atoms with E-state index in [4.69, 9.17) is 0 Å². The number of nitrogens with zero attached hydrogens (tertiary/aromatic N) is 3. The largest absolute Gasteiger partial charge is 0.283 e. The molecule has 0 atom stereocenters. The van der Waals surface area contributed by atoms with Gasteiger partial charge in [0.25, 0.3) is 0 Å². The third kappa shape index (κ3) is 0.699. The molecule has 0 radical (unpaired) electrons. The number of hydrogen-bond acceptors (Lipinski definition) is 2. The molecule has 2 heterocycles. The van der Waals surface area contributed by atoms with Crippen LogP contribution < -0.4 is 0 Å². The van der Waals surface area contributed by atoms with Crippen molar-refractivity contribution in [2.24, 2.45) is 0 Å². The first-order valence-corrected chi connectivity index (χ1v) is 2.95. The summed E-state index contributed by atoms with van der Waals surface area (Å²) in [6, 6.07) is 1.87. The Morgan fingerprint density at radius 2 is 2.50 bits per heavy atom. The molecule has 50 valence electrons. The predicted molar refractivity (Wildman–Crippen MR) is 35.7 cm³/mol. The van der Waals surface area contributed by atoms with Crippen LogP contribution in [0, 0.1) is 0 Å². The van der Waals surface area contributed by atoms with Crippen molar-refractivity contribution in [1.82, 2.24) is 20.0 Å². The van der Waals surface area contributed by atoms with Gasteiger partial charge in [0.2, 0.25) is 0 Å². The molecule has 0 bridgehead atoms. The van der Waals surface area contributed by atoms with Crippen LogP contribution in [0.1, 0.15) is 0 Å². The molecule has 1 N–H and O–H groups in total. The second-order valence-electron chi connectivity index (χ2n) is 1.91. The first-order chi connectivity index (χ1) is 4.97. The number of aromatic amines is 1. The van der Waals surface area contributed by atoms with E-state index >= 15 is 0 Å². The lowest BCUT2D eigenvalue weighted by Gasteiger charge is -1.90. The Labute approximate surface area is 57.5 Å². The summed E-state index contributed by atoms with van der Waals surface area (Å²) in [5.41, 5.74) is 0.949. The van der Waals surface area contributed by atoms with Crippen LogP contribution in [0.15, 0.2) is 30.9 Å². The van der Waals surface area contributed by atoms with E-state index < -0.39 is 0 Å². The van der Waals surface area contributed by atoms with Gasteiger partial charge in [0, 0.05) is 18.6 Å². The Morgan fingerprint density at radius 1 is 1.50 bits per heavy atom. The molecule has 0 aliphatic rings. The van der Waals surface area contributed by atoms with Crippen molar-refractivity contribution in [1.29, 1.82) is 0 Å². The topological polar surface area (TPSA) is 46.5 Å². The maximum Gasteiger partial charge on any atom is 0.102 e. The molecule has 0 saturated carbocycles. The SMILES string of the molecule is c1cnn(-c2cn[nH]c2)c1. The van der Waals surface area contributed by atoms with Crippen LogP contribution >= 0.6 is 0 Å². The zero-order chi connectivity index (χ0) is 6.81. The number of rotatable bonds is 1. The molecular formula is C6H6N4. The summed E-state index contributed by atoms with van der Waals surface area (Å²) in [6.45, 7) is 0. The highest BCUT2D eigenvalue weighted by molar-refractivity contribution is 5.22. The van der Waals surface area contributed by atoms with Gasteiger partial charge in [-0.1, -0.05) is 0 Å². The summed E-state index contributed by atoms with van der Waals surface area (Å²) >= 11 is 0. The highest BCUT2D eigenvalue weighted by Gasteiger charge is 1.93. The molecule has 4 heteroatoms. The minimum atomic E-state index is 0.949. The summed E-state index contributed by atoms with van der Waals surface area (Å²) in [5, 5.41) is 10.5. The summed E-state index contributed by atoms with van der Waals surface area (Å²) in [6.07, 6.45) is 7.10. The number of H-pyrrole nitrogens is 1. The molecule has 10 heavy (non-hydrogen) atoms. The lowest BCUT2D eigenvalue weighted by Crippen LogP contribution is -1.90. The molecular weight excluding hydrogens is 128 g/mol. The summed E-state index contributed by atoms with van der Waals surface area (Å²) in [5.74, 6) is 0. The van der Waals surface area contributed by atoms with Crippen molar-refractivity contribution >= 4 is 0 Å². The molecule has 2 rings (SSSR count). The Morgan fingerprint density at radius 3 is 3.10 bits per heavy atom. The normalized spacial score (nSPS) is 10.0. The smallest absolute Gasteiger partial charge is 0.102 e. The third-order valence-corrected chi connectivity index (χ3v) is 1.25. The summed E-state index contributed by atoms with van der Waals surface area (Å²) in [4.78, 5) is 0. The van der Waals surface area contributed by atoms with Crippen molar-refractivity contribution in [2.75, 3.05) is 0 Å². The van der Waals surface area contributed by atoms with Gasteiger partial charge in [-0.05, 0) is 6.07 Å². The van der Waals surface area contributed by atoms with E-state index in [9.17, 15) is 0 Å². The van der Waals surface area contributed by atoms with E-state index in [-0.39, 0.29) is 0 Å². The van der Waals surface area contributed by atoms with Crippen molar-refractivity contribution in [3.8, 4) is 5.69 Å². The van der Waals surface area contributed by atoms with Gasteiger partial charge in [-0.25, -0.2) is 4.68 Å². The Kier molecular flexibility index (Phi) is 1.04. The Balaban J connectivity index is 2.48. The van der Waals surface area contributed by atoms with Crippen molar-refractivity contribution in [3.63, 3.8) is 0 Å². The Hall–Kier alpha value is -1.58. The van der Waals surface area contributed by atoms with Crippen LogP contribution in [-0.2, 0) is 0 Å². The zero-order valence-corrected chi connectivity index (χ0v) is 5.23. The van der Waals surface area contributed by atoms with Gasteiger partial charge >= 0.3 is 0 Å². The first-order valence-electron chi connectivity index (χ1n) is 2.95. The minimum Gasteiger partial charge on any atom is -0.283 e. The molecule has 0 unspecified atom stereocenters. The summed E-state index contributed by atoms with van der Waals surface area (Å²) < 4.78 is 1.74. The fourth-order valence-corrected chi connectivity index (χ4v) is 0.791. The van der Waals surface area contributed by atoms with Gasteiger partial charge < -0.3 is 0 Å². The first kappa shape index (κ1) is 5.22. The van der Waals surface area contributed by atoms with E-state index in [1.165, 1.54) is 0 Å². The molecule has 0 aliphatic carbocycles. The van der Waals surface area contributed by atoms with Gasteiger partial charge in [-0.3, -0.25) is 5.10 Å². The second-order valence-corrected chi connectivity index (χ2v) is 1.91. The molecule has 0 aromatic carbocycles. The minimum absolute atomic E-state index is 0.949. The zero-order valence-electron chi connectivity index (χ0n) is 5.23. The van der Waals surface area contributed by atoms with Crippen molar-refractivity contribution in [3.05, 3.63) is 30.9 Å². The highest BCUT2D eigenvalue weighted by Crippen LogP contribution is 1.99. The molecule has 0 fully saturated rings. The predicted octanol–water partition coefficient (Wildman–Crippen LogP) is 0.595. The third-order valence-electron chi connectivity index (χ3n) is 1.25.